The molecule has 0 heterocycles. The maximum atomic E-state index is 10.8. The van der Waals surface area contributed by atoms with E-state index in [2.05, 4.69) is 19.9 Å². The number of rotatable bonds is 2. The molecule has 0 spiro atoms. The first kappa shape index (κ1) is 14.5. The van der Waals surface area contributed by atoms with Crippen molar-refractivity contribution in [1.82, 2.24) is 0 Å². The van der Waals surface area contributed by atoms with Gasteiger partial charge in [0, 0.05) is 0 Å². The second-order valence-corrected chi connectivity index (χ2v) is 5.71. The molecule has 0 aliphatic heterocycles. The fourth-order valence-corrected chi connectivity index (χ4v) is 3.21. The summed E-state index contributed by atoms with van der Waals surface area (Å²) in [6.45, 7) is 5.89. The Hall–Kier alpha value is -0.590. The molecule has 98 valence electrons. The zero-order valence-corrected chi connectivity index (χ0v) is 11.7. The van der Waals surface area contributed by atoms with Crippen LogP contribution in [0.1, 0.15) is 65.7 Å². The number of allylic oxidation sites excluding steroid dienone is 2. The number of hydrogen-bond donors (Lipinski definition) is 0. The predicted octanol–water partition coefficient (Wildman–Crippen LogP) is 4.76. The lowest BCUT2D eigenvalue weighted by Gasteiger charge is -2.24. The third-order valence-corrected chi connectivity index (χ3v) is 3.88. The third kappa shape index (κ3) is 5.06. The van der Waals surface area contributed by atoms with Crippen LogP contribution in [-0.4, -0.2) is 5.78 Å². The molecule has 0 amide bonds. The normalized spacial score (nSPS) is 31.8. The van der Waals surface area contributed by atoms with Crippen molar-refractivity contribution in [1.29, 1.82) is 0 Å². The van der Waals surface area contributed by atoms with Gasteiger partial charge in [0.1, 0.15) is 0 Å². The molecule has 0 radical (unpaired) electrons. The average molecular weight is 236 g/mol. The van der Waals surface area contributed by atoms with Gasteiger partial charge < -0.3 is 0 Å². The van der Waals surface area contributed by atoms with Crippen LogP contribution in [0.5, 0.6) is 0 Å². The van der Waals surface area contributed by atoms with E-state index in [1.54, 1.807) is 13.0 Å². The Morgan fingerprint density at radius 2 is 1.59 bits per heavy atom. The molecule has 2 fully saturated rings. The summed E-state index contributed by atoms with van der Waals surface area (Å²) in [4.78, 5) is 10.8. The molecule has 1 heteroatoms. The molecule has 1 nitrogen and oxygen atoms in total. The molecule has 17 heavy (non-hydrogen) atoms. The van der Waals surface area contributed by atoms with Crippen molar-refractivity contribution in [3.8, 4) is 0 Å². The van der Waals surface area contributed by atoms with E-state index in [9.17, 15) is 4.79 Å². The van der Waals surface area contributed by atoms with Crippen molar-refractivity contribution in [2.45, 2.75) is 65.7 Å². The van der Waals surface area contributed by atoms with E-state index in [-0.39, 0.29) is 5.78 Å². The van der Waals surface area contributed by atoms with Crippen LogP contribution in [-0.2, 0) is 4.79 Å². The number of fused-ring (bicyclic) bond motifs is 1. The first-order valence-electron chi connectivity index (χ1n) is 7.36. The van der Waals surface area contributed by atoms with Gasteiger partial charge >= 0.3 is 0 Å². The topological polar surface area (TPSA) is 17.1 Å². The lowest BCUT2D eigenvalue weighted by Crippen LogP contribution is -2.12. The van der Waals surface area contributed by atoms with E-state index in [1.807, 2.05) is 0 Å². The Labute approximate surface area is 107 Å². The first-order valence-corrected chi connectivity index (χ1v) is 7.36. The molecule has 2 rings (SSSR count). The fourth-order valence-electron chi connectivity index (χ4n) is 3.21. The summed E-state index contributed by atoms with van der Waals surface area (Å²) in [7, 11) is 0. The van der Waals surface area contributed by atoms with Gasteiger partial charge in [-0.05, 0) is 43.6 Å². The van der Waals surface area contributed by atoms with Crippen LogP contribution >= 0.6 is 0 Å². The molecule has 0 N–H and O–H groups in total. The van der Waals surface area contributed by atoms with Crippen LogP contribution in [0.15, 0.2) is 12.2 Å². The minimum Gasteiger partial charge on any atom is -0.295 e. The zero-order valence-electron chi connectivity index (χ0n) is 11.7. The van der Waals surface area contributed by atoms with Gasteiger partial charge in [-0.1, -0.05) is 52.0 Å². The summed E-state index contributed by atoms with van der Waals surface area (Å²) in [5, 5.41) is 0. The van der Waals surface area contributed by atoms with E-state index in [1.165, 1.54) is 44.9 Å². The molecule has 2 atom stereocenters. The third-order valence-electron chi connectivity index (χ3n) is 3.88. The van der Waals surface area contributed by atoms with Crippen LogP contribution in [0.3, 0.4) is 0 Å². The minimum absolute atomic E-state index is 0.194. The van der Waals surface area contributed by atoms with E-state index >= 15 is 0 Å². The Morgan fingerprint density at radius 3 is 2.00 bits per heavy atom. The maximum absolute atomic E-state index is 10.8. The highest BCUT2D eigenvalue weighted by molar-refractivity contribution is 5.87. The number of hydrogen-bond acceptors (Lipinski definition) is 1. The monoisotopic (exact) mass is 236 g/mol. The number of carbonyl (C=O) groups excluding carboxylic acids is 1. The van der Waals surface area contributed by atoms with Crippen molar-refractivity contribution in [3.05, 3.63) is 12.2 Å². The molecule has 0 aromatic rings. The fraction of sp³-hybridized carbons (Fsp3) is 0.812. The van der Waals surface area contributed by atoms with E-state index in [0.29, 0.717) is 5.92 Å². The van der Waals surface area contributed by atoms with Gasteiger partial charge in [-0.2, -0.15) is 0 Å². The Kier molecular flexibility index (Phi) is 6.54. The average Bonchev–Trinajstić information content (AvgIpc) is 2.70. The lowest BCUT2D eigenvalue weighted by molar-refractivity contribution is -0.112. The van der Waals surface area contributed by atoms with E-state index in [0.717, 1.165) is 11.8 Å². The predicted molar refractivity (Wildman–Crippen MR) is 74.0 cm³/mol. The summed E-state index contributed by atoms with van der Waals surface area (Å²) in [6, 6.07) is 0. The zero-order chi connectivity index (χ0) is 12.7. The van der Waals surface area contributed by atoms with Crippen molar-refractivity contribution in [2.75, 3.05) is 0 Å². The highest BCUT2D eigenvalue weighted by Crippen LogP contribution is 2.45. The summed E-state index contributed by atoms with van der Waals surface area (Å²) < 4.78 is 0. The van der Waals surface area contributed by atoms with Gasteiger partial charge in [-0.25, -0.2) is 0 Å². The first-order chi connectivity index (χ1) is 8.17. The summed E-state index contributed by atoms with van der Waals surface area (Å²) in [5.41, 5.74) is 0. The van der Waals surface area contributed by atoms with E-state index in [4.69, 9.17) is 0 Å². The van der Waals surface area contributed by atoms with Gasteiger partial charge in [0.25, 0.3) is 0 Å². The molecule has 2 aliphatic rings. The molecule has 0 saturated heterocycles. The summed E-state index contributed by atoms with van der Waals surface area (Å²) in [5.74, 6) is 2.85. The SMILES string of the molecule is CC(=O)/C=C/C1CC2CCCCC2C1.CCC. The van der Waals surface area contributed by atoms with Crippen LogP contribution in [0.25, 0.3) is 0 Å². The van der Waals surface area contributed by atoms with Gasteiger partial charge in [-0.15, -0.1) is 0 Å². The van der Waals surface area contributed by atoms with Crippen molar-refractivity contribution in [3.63, 3.8) is 0 Å². The highest BCUT2D eigenvalue weighted by Gasteiger charge is 2.34. The van der Waals surface area contributed by atoms with Crippen molar-refractivity contribution in [2.24, 2.45) is 17.8 Å². The standard InChI is InChI=1S/C13H20O.C3H8/c1-10(14)6-7-11-8-12-4-2-3-5-13(12)9-11;1-3-2/h6-7,11-13H,2-5,8-9H2,1H3;3H2,1-2H3/b7-6+;. The molecular formula is C16H28O. The molecular weight excluding hydrogens is 208 g/mol. The van der Waals surface area contributed by atoms with Crippen LogP contribution in [0.4, 0.5) is 0 Å². The van der Waals surface area contributed by atoms with Crippen LogP contribution < -0.4 is 0 Å². The molecule has 0 aromatic heterocycles. The van der Waals surface area contributed by atoms with E-state index < -0.39 is 0 Å². The minimum atomic E-state index is 0.194. The smallest absolute Gasteiger partial charge is 0.152 e. The molecule has 2 aliphatic carbocycles. The van der Waals surface area contributed by atoms with Crippen LogP contribution in [0, 0.1) is 17.8 Å². The van der Waals surface area contributed by atoms with Crippen molar-refractivity contribution >= 4 is 5.78 Å². The second kappa shape index (κ2) is 7.68. The largest absolute Gasteiger partial charge is 0.295 e. The van der Waals surface area contributed by atoms with Gasteiger partial charge in [0.2, 0.25) is 0 Å². The molecule has 0 bridgehead atoms. The molecule has 0 aromatic carbocycles. The maximum Gasteiger partial charge on any atom is 0.152 e. The summed E-state index contributed by atoms with van der Waals surface area (Å²) >= 11 is 0. The Bertz CT molecular complexity index is 240. The van der Waals surface area contributed by atoms with Gasteiger partial charge in [0.05, 0.1) is 0 Å². The number of carbonyl (C=O) groups is 1. The van der Waals surface area contributed by atoms with Gasteiger partial charge in [0.15, 0.2) is 5.78 Å². The van der Waals surface area contributed by atoms with Gasteiger partial charge in [-0.3, -0.25) is 4.79 Å². The summed E-state index contributed by atoms with van der Waals surface area (Å²) in [6.07, 6.45) is 13.6. The van der Waals surface area contributed by atoms with Crippen LogP contribution in [0.2, 0.25) is 0 Å². The van der Waals surface area contributed by atoms with Crippen molar-refractivity contribution < 1.29 is 4.79 Å². The molecule has 2 unspecified atom stereocenters. The lowest BCUT2D eigenvalue weighted by atomic mass is 9.82. The Morgan fingerprint density at radius 1 is 1.12 bits per heavy atom. The second-order valence-electron chi connectivity index (χ2n) is 5.71. The number of ketones is 1. The highest BCUT2D eigenvalue weighted by atomic mass is 16.1. The molecule has 2 saturated carbocycles. The Balaban J connectivity index is 0.000000437. The quantitative estimate of drug-likeness (QED) is 0.631.